The summed E-state index contributed by atoms with van der Waals surface area (Å²) in [5.74, 6) is 0. The van der Waals surface area contributed by atoms with Crippen LogP contribution in [0.5, 0.6) is 0 Å². The third-order valence-electron chi connectivity index (χ3n) is 5.30. The second-order valence-corrected chi connectivity index (χ2v) is 9.52. The lowest BCUT2D eigenvalue weighted by atomic mass is 10.0. The van der Waals surface area contributed by atoms with Crippen molar-refractivity contribution >= 4 is 10.1 Å². The Balaban J connectivity index is 3.38. The van der Waals surface area contributed by atoms with Gasteiger partial charge in [0.25, 0.3) is 10.1 Å². The van der Waals surface area contributed by atoms with Crippen LogP contribution in [0.1, 0.15) is 123 Å². The molecule has 0 saturated carbocycles. The molecule has 0 aliphatic carbocycles. The summed E-state index contributed by atoms with van der Waals surface area (Å²) in [6.07, 6.45) is 18.7. The topological polar surface area (TPSA) is 74.6 Å². The van der Waals surface area contributed by atoms with Crippen molar-refractivity contribution in [1.29, 1.82) is 0 Å². The summed E-state index contributed by atoms with van der Waals surface area (Å²) in [6, 6.07) is 0. The average molecular weight is 393 g/mol. The number of aliphatic hydroxyl groups is 1. The predicted octanol–water partition coefficient (Wildman–Crippen LogP) is 6.28. The first-order chi connectivity index (χ1) is 12.4. The van der Waals surface area contributed by atoms with E-state index < -0.39 is 21.5 Å². The third kappa shape index (κ3) is 16.1. The van der Waals surface area contributed by atoms with E-state index in [4.69, 9.17) is 4.55 Å². The highest BCUT2D eigenvalue weighted by Crippen LogP contribution is 2.17. The zero-order valence-electron chi connectivity index (χ0n) is 17.3. The van der Waals surface area contributed by atoms with Crippen LogP contribution in [0.3, 0.4) is 0 Å². The second-order valence-electron chi connectivity index (χ2n) is 7.82. The van der Waals surface area contributed by atoms with Crippen LogP contribution in [-0.2, 0) is 10.1 Å². The zero-order valence-corrected chi connectivity index (χ0v) is 18.1. The van der Waals surface area contributed by atoms with Crippen LogP contribution in [0.25, 0.3) is 0 Å². The van der Waals surface area contributed by atoms with Gasteiger partial charge in [-0.1, -0.05) is 104 Å². The molecule has 2 unspecified atom stereocenters. The fourth-order valence-electron chi connectivity index (χ4n) is 3.49. The highest BCUT2D eigenvalue weighted by atomic mass is 32.2. The Bertz CT molecular complexity index is 395. The van der Waals surface area contributed by atoms with Gasteiger partial charge in [0.15, 0.2) is 0 Å². The molecule has 26 heavy (non-hydrogen) atoms. The molecule has 0 aromatic carbocycles. The molecule has 158 valence electrons. The van der Waals surface area contributed by atoms with E-state index in [1.54, 1.807) is 6.92 Å². The maximum absolute atomic E-state index is 11.1. The Hall–Kier alpha value is -0.130. The smallest absolute Gasteiger partial charge is 0.267 e. The van der Waals surface area contributed by atoms with Gasteiger partial charge in [-0.15, -0.1) is 0 Å². The molecule has 4 nitrogen and oxygen atoms in total. The van der Waals surface area contributed by atoms with Gasteiger partial charge in [0.1, 0.15) is 0 Å². The Morgan fingerprint density at radius 1 is 0.692 bits per heavy atom. The normalized spacial score (nSPS) is 14.5. The lowest BCUT2D eigenvalue weighted by Crippen LogP contribution is -2.25. The Kier molecular flexibility index (Phi) is 16.9. The molecule has 2 N–H and O–H groups in total. The summed E-state index contributed by atoms with van der Waals surface area (Å²) in [7, 11) is -4.03. The van der Waals surface area contributed by atoms with Gasteiger partial charge in [-0.2, -0.15) is 8.42 Å². The molecule has 0 aromatic rings. The van der Waals surface area contributed by atoms with Crippen molar-refractivity contribution in [2.75, 3.05) is 0 Å². The molecule has 0 bridgehead atoms. The minimum Gasteiger partial charge on any atom is -0.393 e. The largest absolute Gasteiger partial charge is 0.393 e. The van der Waals surface area contributed by atoms with Gasteiger partial charge in [-0.05, 0) is 19.3 Å². The van der Waals surface area contributed by atoms with Crippen molar-refractivity contribution < 1.29 is 18.1 Å². The van der Waals surface area contributed by atoms with Crippen molar-refractivity contribution in [1.82, 2.24) is 0 Å². The Labute approximate surface area is 162 Å². The summed E-state index contributed by atoms with van der Waals surface area (Å²) in [6.45, 7) is 3.98. The van der Waals surface area contributed by atoms with E-state index in [1.807, 2.05) is 0 Å². The van der Waals surface area contributed by atoms with Crippen molar-refractivity contribution in [3.05, 3.63) is 0 Å². The minimum atomic E-state index is -4.03. The highest BCUT2D eigenvalue weighted by molar-refractivity contribution is 7.86. The van der Waals surface area contributed by atoms with Crippen LogP contribution in [0.15, 0.2) is 0 Å². The molecule has 5 heteroatoms. The van der Waals surface area contributed by atoms with Crippen molar-refractivity contribution in [2.45, 2.75) is 134 Å². The maximum atomic E-state index is 11.1. The van der Waals surface area contributed by atoms with Gasteiger partial charge in [0.05, 0.1) is 11.4 Å². The van der Waals surface area contributed by atoms with Gasteiger partial charge in [-0.25, -0.2) is 0 Å². The van der Waals surface area contributed by atoms with Crippen LogP contribution in [0.2, 0.25) is 0 Å². The van der Waals surface area contributed by atoms with Crippen molar-refractivity contribution in [3.63, 3.8) is 0 Å². The van der Waals surface area contributed by atoms with E-state index in [1.165, 1.54) is 77.0 Å². The fourth-order valence-corrected chi connectivity index (χ4v) is 4.38. The molecule has 0 radical (unpaired) electrons. The fraction of sp³-hybridized carbons (Fsp3) is 1.00. The lowest BCUT2D eigenvalue weighted by Gasteiger charge is -2.16. The van der Waals surface area contributed by atoms with Gasteiger partial charge in [-0.3, -0.25) is 4.55 Å². The first-order valence-corrected chi connectivity index (χ1v) is 12.6. The first-order valence-electron chi connectivity index (χ1n) is 11.1. The lowest BCUT2D eigenvalue weighted by molar-refractivity contribution is 0.147. The molecular formula is C21H44O4S. The molecule has 0 rings (SSSR count). The minimum absolute atomic E-state index is 0.147. The number of rotatable bonds is 19. The first kappa shape index (κ1) is 25.9. The quantitative estimate of drug-likeness (QED) is 0.200. The molecule has 0 aliphatic rings. The summed E-state index contributed by atoms with van der Waals surface area (Å²) in [4.78, 5) is 0. The molecule has 0 fully saturated rings. The second kappa shape index (κ2) is 17.0. The number of hydrogen-bond acceptors (Lipinski definition) is 3. The monoisotopic (exact) mass is 392 g/mol. The van der Waals surface area contributed by atoms with Crippen LogP contribution in [0, 0.1) is 0 Å². The summed E-state index contributed by atoms with van der Waals surface area (Å²) in [5.41, 5.74) is 0. The van der Waals surface area contributed by atoms with E-state index >= 15 is 0 Å². The summed E-state index contributed by atoms with van der Waals surface area (Å²) < 4.78 is 31.4. The standard InChI is InChI=1S/C21H44O4S/c1-3-5-6-7-8-9-10-11-12-13-14-15-16-17-18-20(22)19-21(4-2)26(23,24)25/h20-22H,3-19H2,1-2H3,(H,23,24,25). The highest BCUT2D eigenvalue weighted by Gasteiger charge is 2.23. The number of unbranched alkanes of at least 4 members (excludes halogenated alkanes) is 13. The molecule has 0 aromatic heterocycles. The van der Waals surface area contributed by atoms with Crippen molar-refractivity contribution in [2.24, 2.45) is 0 Å². The van der Waals surface area contributed by atoms with Gasteiger partial charge in [0.2, 0.25) is 0 Å². The van der Waals surface area contributed by atoms with Gasteiger partial charge in [0, 0.05) is 0 Å². The Morgan fingerprint density at radius 2 is 1.08 bits per heavy atom. The molecule has 0 amide bonds. The van der Waals surface area contributed by atoms with E-state index in [9.17, 15) is 13.5 Å². The Morgan fingerprint density at radius 3 is 1.42 bits per heavy atom. The summed E-state index contributed by atoms with van der Waals surface area (Å²) in [5, 5.41) is 9.10. The molecular weight excluding hydrogens is 348 g/mol. The molecule has 0 spiro atoms. The third-order valence-corrected chi connectivity index (χ3v) is 6.67. The van der Waals surface area contributed by atoms with E-state index in [2.05, 4.69) is 6.92 Å². The SMILES string of the molecule is CCCCCCCCCCCCCCCCC(O)CC(CC)S(=O)(=O)O. The number of hydrogen-bond donors (Lipinski definition) is 2. The van der Waals surface area contributed by atoms with Crippen LogP contribution >= 0.6 is 0 Å². The zero-order chi connectivity index (χ0) is 19.7. The number of aliphatic hydroxyl groups excluding tert-OH is 1. The predicted molar refractivity (Wildman–Crippen MR) is 111 cm³/mol. The van der Waals surface area contributed by atoms with E-state index in [-0.39, 0.29) is 6.42 Å². The average Bonchev–Trinajstić information content (AvgIpc) is 2.59. The van der Waals surface area contributed by atoms with Crippen molar-refractivity contribution in [3.8, 4) is 0 Å². The van der Waals surface area contributed by atoms with Gasteiger partial charge >= 0.3 is 0 Å². The maximum Gasteiger partial charge on any atom is 0.267 e. The molecule has 2 atom stereocenters. The molecule has 0 heterocycles. The van der Waals surface area contributed by atoms with E-state index in [0.717, 1.165) is 12.8 Å². The van der Waals surface area contributed by atoms with E-state index in [0.29, 0.717) is 12.8 Å². The molecule has 0 aliphatic heterocycles. The van der Waals surface area contributed by atoms with Crippen LogP contribution in [-0.4, -0.2) is 29.4 Å². The van der Waals surface area contributed by atoms with Crippen LogP contribution in [0.4, 0.5) is 0 Å². The van der Waals surface area contributed by atoms with Crippen LogP contribution < -0.4 is 0 Å². The summed E-state index contributed by atoms with van der Waals surface area (Å²) >= 11 is 0. The van der Waals surface area contributed by atoms with Gasteiger partial charge < -0.3 is 5.11 Å². The molecule has 0 saturated heterocycles.